The van der Waals surface area contributed by atoms with Crippen LogP contribution in [-0.4, -0.2) is 30.8 Å². The molecule has 0 fully saturated rings. The Morgan fingerprint density at radius 1 is 1.21 bits per heavy atom. The van der Waals surface area contributed by atoms with Crippen LogP contribution in [0.2, 0.25) is 0 Å². The largest absolute Gasteiger partial charge is 0.454 e. The third-order valence-electron chi connectivity index (χ3n) is 4.62. The fraction of sp³-hybridized carbons (Fsp3) is 0.364. The first kappa shape index (κ1) is 22.5. The normalized spacial score (nSPS) is 12.8. The molecular weight excluding hydrogens is 381 g/mol. The van der Waals surface area contributed by atoms with Gasteiger partial charge < -0.3 is 9.64 Å². The molecule has 0 saturated carbocycles. The van der Waals surface area contributed by atoms with Crippen molar-refractivity contribution in [3.05, 3.63) is 64.2 Å². The van der Waals surface area contributed by atoms with E-state index in [1.165, 1.54) is 12.1 Å². The Morgan fingerprint density at radius 3 is 2.52 bits per heavy atom. The molecule has 0 aliphatic carbocycles. The van der Waals surface area contributed by atoms with Crippen molar-refractivity contribution < 1.29 is 22.7 Å². The van der Waals surface area contributed by atoms with Crippen LogP contribution < -0.4 is 0 Å². The summed E-state index contributed by atoms with van der Waals surface area (Å²) in [6.07, 6.45) is -3.55. The number of ether oxygens (including phenoxy) is 1. The first-order valence-corrected chi connectivity index (χ1v) is 9.26. The van der Waals surface area contributed by atoms with Crippen LogP contribution in [0.4, 0.5) is 18.9 Å². The summed E-state index contributed by atoms with van der Waals surface area (Å²) in [5.41, 5.74) is 2.10. The molecular formula is C22H25F3N2O2. The minimum Gasteiger partial charge on any atom is -0.454 e. The smallest absolute Gasteiger partial charge is 0.416 e. The molecule has 4 nitrogen and oxygen atoms in total. The maximum Gasteiger partial charge on any atom is 0.416 e. The van der Waals surface area contributed by atoms with E-state index in [1.807, 2.05) is 25.8 Å². The van der Waals surface area contributed by atoms with Crippen molar-refractivity contribution in [3.8, 4) is 0 Å². The lowest BCUT2D eigenvalue weighted by Crippen LogP contribution is -2.14. The zero-order valence-corrected chi connectivity index (χ0v) is 17.2. The van der Waals surface area contributed by atoms with Crippen LogP contribution in [0.25, 0.3) is 0 Å². The summed E-state index contributed by atoms with van der Waals surface area (Å²) in [6, 6.07) is 8.28. The molecule has 0 spiro atoms. The fourth-order valence-electron chi connectivity index (χ4n) is 2.66. The molecule has 1 unspecified atom stereocenters. The predicted molar refractivity (Wildman–Crippen MR) is 108 cm³/mol. The summed E-state index contributed by atoms with van der Waals surface area (Å²) < 4.78 is 44.1. The Labute approximate surface area is 169 Å². The summed E-state index contributed by atoms with van der Waals surface area (Å²) in [6.45, 7) is 7.99. The van der Waals surface area contributed by atoms with Crippen LogP contribution in [0.3, 0.4) is 0 Å². The number of nitrogens with zero attached hydrogens (tertiary/aromatic N) is 2. The summed E-state index contributed by atoms with van der Waals surface area (Å²) in [4.78, 5) is 19.0. The first-order valence-electron chi connectivity index (χ1n) is 9.26. The number of halogens is 3. The van der Waals surface area contributed by atoms with Crippen LogP contribution in [0, 0.1) is 13.8 Å². The van der Waals surface area contributed by atoms with E-state index in [1.54, 1.807) is 32.3 Å². The Balaban J connectivity index is 2.20. The summed E-state index contributed by atoms with van der Waals surface area (Å²) in [5.74, 6) is -0.586. The highest BCUT2D eigenvalue weighted by Gasteiger charge is 2.31. The minimum atomic E-state index is -4.45. The second kappa shape index (κ2) is 9.11. The van der Waals surface area contributed by atoms with Gasteiger partial charge in [0.25, 0.3) is 0 Å². The van der Waals surface area contributed by atoms with Crippen LogP contribution in [-0.2, 0) is 10.9 Å². The van der Waals surface area contributed by atoms with Gasteiger partial charge in [0.05, 0.1) is 23.2 Å². The topological polar surface area (TPSA) is 41.9 Å². The van der Waals surface area contributed by atoms with Gasteiger partial charge in [-0.05, 0) is 68.7 Å². The standard InChI is InChI=1S/C22H25F3N2O2/c1-6-27(5)13-26-20-11-14(2)19(10-15(20)3)21(28)29-16(4)17-8-7-9-18(12-17)22(23,24)25/h7-13,16H,6H2,1-5H3/b26-13+. The van der Waals surface area contributed by atoms with E-state index in [9.17, 15) is 18.0 Å². The molecule has 2 rings (SSSR count). The van der Waals surface area contributed by atoms with Crippen LogP contribution >= 0.6 is 0 Å². The summed E-state index contributed by atoms with van der Waals surface area (Å²) >= 11 is 0. The molecule has 1 atom stereocenters. The van der Waals surface area contributed by atoms with Gasteiger partial charge in [0.15, 0.2) is 0 Å². The Hall–Kier alpha value is -2.83. The summed E-state index contributed by atoms with van der Waals surface area (Å²) in [5, 5.41) is 0. The number of hydrogen-bond acceptors (Lipinski definition) is 3. The molecule has 2 aromatic rings. The monoisotopic (exact) mass is 406 g/mol. The van der Waals surface area contributed by atoms with E-state index in [0.717, 1.165) is 29.9 Å². The molecule has 0 bridgehead atoms. The molecule has 2 aromatic carbocycles. The SMILES string of the molecule is CCN(C)/C=N/c1cc(C)c(C(=O)OC(C)c2cccc(C(F)(F)F)c2)cc1C. The predicted octanol–water partition coefficient (Wildman–Crippen LogP) is 5.85. The van der Waals surface area contributed by atoms with Crippen LogP contribution in [0.15, 0.2) is 41.4 Å². The number of aliphatic imine (C=N–C) groups is 1. The van der Waals surface area contributed by atoms with E-state index < -0.39 is 23.8 Å². The van der Waals surface area contributed by atoms with Gasteiger partial charge in [0.1, 0.15) is 6.10 Å². The molecule has 0 aliphatic rings. The van der Waals surface area contributed by atoms with Crippen molar-refractivity contribution >= 4 is 18.0 Å². The average Bonchev–Trinajstić information content (AvgIpc) is 2.67. The zero-order chi connectivity index (χ0) is 21.8. The van der Waals surface area contributed by atoms with Gasteiger partial charge in [-0.3, -0.25) is 0 Å². The van der Waals surface area contributed by atoms with Gasteiger partial charge in [0.2, 0.25) is 0 Å². The van der Waals surface area contributed by atoms with E-state index in [2.05, 4.69) is 4.99 Å². The molecule has 0 aromatic heterocycles. The summed E-state index contributed by atoms with van der Waals surface area (Å²) in [7, 11) is 1.91. The lowest BCUT2D eigenvalue weighted by atomic mass is 10.0. The van der Waals surface area contributed by atoms with Gasteiger partial charge in [-0.15, -0.1) is 0 Å². The zero-order valence-electron chi connectivity index (χ0n) is 17.2. The van der Waals surface area contributed by atoms with Crippen molar-refractivity contribution in [1.82, 2.24) is 4.90 Å². The van der Waals surface area contributed by atoms with Crippen molar-refractivity contribution in [2.24, 2.45) is 4.99 Å². The second-order valence-electron chi connectivity index (χ2n) is 6.94. The molecule has 0 heterocycles. The number of esters is 1. The highest BCUT2D eigenvalue weighted by molar-refractivity contribution is 5.92. The number of alkyl halides is 3. The Bertz CT molecular complexity index is 907. The van der Waals surface area contributed by atoms with Gasteiger partial charge in [-0.25, -0.2) is 9.79 Å². The lowest BCUT2D eigenvalue weighted by molar-refractivity contribution is -0.137. The number of aryl methyl sites for hydroxylation is 2. The van der Waals surface area contributed by atoms with Gasteiger partial charge in [-0.1, -0.05) is 12.1 Å². The maximum absolute atomic E-state index is 12.9. The third kappa shape index (κ3) is 5.82. The van der Waals surface area contributed by atoms with E-state index in [-0.39, 0.29) is 5.56 Å². The number of hydrogen-bond donors (Lipinski definition) is 0. The van der Waals surface area contributed by atoms with Crippen molar-refractivity contribution in [3.63, 3.8) is 0 Å². The molecule has 0 aliphatic heterocycles. The molecule has 7 heteroatoms. The first-order chi connectivity index (χ1) is 13.5. The fourth-order valence-corrected chi connectivity index (χ4v) is 2.66. The second-order valence-corrected chi connectivity index (χ2v) is 6.94. The number of carbonyl (C=O) groups excluding carboxylic acids is 1. The maximum atomic E-state index is 12.9. The van der Waals surface area contributed by atoms with E-state index >= 15 is 0 Å². The minimum absolute atomic E-state index is 0.284. The van der Waals surface area contributed by atoms with Crippen molar-refractivity contribution in [2.75, 3.05) is 13.6 Å². The van der Waals surface area contributed by atoms with Gasteiger partial charge in [-0.2, -0.15) is 13.2 Å². The van der Waals surface area contributed by atoms with Gasteiger partial charge >= 0.3 is 12.1 Å². The molecule has 0 saturated heterocycles. The quantitative estimate of drug-likeness (QED) is 0.343. The Kier molecular flexibility index (Phi) is 7.06. The van der Waals surface area contributed by atoms with Gasteiger partial charge in [0, 0.05) is 13.6 Å². The van der Waals surface area contributed by atoms with E-state index in [0.29, 0.717) is 11.1 Å². The third-order valence-corrected chi connectivity index (χ3v) is 4.62. The molecule has 0 amide bonds. The lowest BCUT2D eigenvalue weighted by Gasteiger charge is -2.17. The van der Waals surface area contributed by atoms with Crippen molar-refractivity contribution in [1.29, 1.82) is 0 Å². The number of benzene rings is 2. The van der Waals surface area contributed by atoms with Crippen LogP contribution in [0.5, 0.6) is 0 Å². The molecule has 156 valence electrons. The average molecular weight is 406 g/mol. The van der Waals surface area contributed by atoms with E-state index in [4.69, 9.17) is 4.74 Å². The Morgan fingerprint density at radius 2 is 1.90 bits per heavy atom. The highest BCUT2D eigenvalue weighted by Crippen LogP contribution is 2.32. The van der Waals surface area contributed by atoms with Crippen LogP contribution in [0.1, 0.15) is 52.6 Å². The van der Waals surface area contributed by atoms with Crippen molar-refractivity contribution in [2.45, 2.75) is 40.0 Å². The number of rotatable bonds is 6. The highest BCUT2D eigenvalue weighted by atomic mass is 19.4. The molecule has 0 radical (unpaired) electrons. The molecule has 29 heavy (non-hydrogen) atoms. The molecule has 0 N–H and O–H groups in total. The number of carbonyl (C=O) groups is 1.